The molecule has 8 nitrogen and oxygen atoms in total. The lowest BCUT2D eigenvalue weighted by Crippen LogP contribution is -2.33. The molecule has 1 unspecified atom stereocenters. The van der Waals surface area contributed by atoms with Crippen molar-refractivity contribution < 1.29 is 34.0 Å². The van der Waals surface area contributed by atoms with Crippen molar-refractivity contribution in [2.75, 3.05) is 40.1 Å². The van der Waals surface area contributed by atoms with E-state index >= 15 is 0 Å². The van der Waals surface area contributed by atoms with Gasteiger partial charge in [-0.25, -0.2) is 0 Å². The van der Waals surface area contributed by atoms with Crippen LogP contribution in [0.2, 0.25) is 0 Å². The molecular formula is C24H27NO7. The molecule has 1 heterocycles. The zero-order valence-electron chi connectivity index (χ0n) is 18.1. The molecular weight excluding hydrogens is 414 g/mol. The van der Waals surface area contributed by atoms with Crippen LogP contribution in [0, 0.1) is 0 Å². The number of benzene rings is 2. The number of rotatable bonds is 10. The van der Waals surface area contributed by atoms with Crippen LogP contribution in [-0.4, -0.2) is 66.9 Å². The summed E-state index contributed by atoms with van der Waals surface area (Å²) < 4.78 is 16.0. The quantitative estimate of drug-likeness (QED) is 0.253. The largest absolute Gasteiger partial charge is 0.507 e. The molecule has 0 bridgehead atoms. The molecule has 1 aliphatic rings. The van der Waals surface area contributed by atoms with Crippen molar-refractivity contribution in [3.05, 3.63) is 65.2 Å². The van der Waals surface area contributed by atoms with Crippen molar-refractivity contribution in [1.82, 2.24) is 4.90 Å². The second-order valence-electron chi connectivity index (χ2n) is 7.06. The predicted molar refractivity (Wildman–Crippen MR) is 118 cm³/mol. The van der Waals surface area contributed by atoms with Gasteiger partial charge in [-0.1, -0.05) is 12.1 Å². The Kier molecular flexibility index (Phi) is 7.86. The van der Waals surface area contributed by atoms with Crippen LogP contribution in [0.1, 0.15) is 24.1 Å². The Balaban J connectivity index is 2.05. The fourth-order valence-corrected chi connectivity index (χ4v) is 3.63. The average molecular weight is 441 g/mol. The van der Waals surface area contributed by atoms with Gasteiger partial charge in [0.05, 0.1) is 45.2 Å². The Labute approximate surface area is 186 Å². The molecule has 1 aliphatic heterocycles. The molecule has 0 aliphatic carbocycles. The van der Waals surface area contributed by atoms with Gasteiger partial charge in [0.2, 0.25) is 0 Å². The fourth-order valence-electron chi connectivity index (χ4n) is 3.63. The van der Waals surface area contributed by atoms with Crippen LogP contribution in [0.4, 0.5) is 0 Å². The summed E-state index contributed by atoms with van der Waals surface area (Å²) in [6, 6.07) is 12.9. The lowest BCUT2D eigenvalue weighted by Gasteiger charge is -2.25. The highest BCUT2D eigenvalue weighted by molar-refractivity contribution is 6.46. The highest BCUT2D eigenvalue weighted by Crippen LogP contribution is 2.40. The number of aliphatic hydroxyl groups excluding tert-OH is 2. The van der Waals surface area contributed by atoms with Gasteiger partial charge in [0.25, 0.3) is 11.7 Å². The number of ether oxygens (including phenoxy) is 3. The number of hydrogen-bond acceptors (Lipinski definition) is 7. The number of ketones is 1. The van der Waals surface area contributed by atoms with Crippen LogP contribution in [0.3, 0.4) is 0 Å². The molecule has 8 heteroatoms. The Morgan fingerprint density at radius 3 is 2.47 bits per heavy atom. The first kappa shape index (κ1) is 23.3. The molecule has 2 aromatic rings. The first-order valence-electron chi connectivity index (χ1n) is 10.4. The van der Waals surface area contributed by atoms with Crippen molar-refractivity contribution in [3.63, 3.8) is 0 Å². The molecule has 170 valence electrons. The molecule has 32 heavy (non-hydrogen) atoms. The summed E-state index contributed by atoms with van der Waals surface area (Å²) in [6.45, 7) is 2.61. The van der Waals surface area contributed by atoms with Crippen molar-refractivity contribution in [3.8, 4) is 11.5 Å². The highest BCUT2D eigenvalue weighted by Gasteiger charge is 2.46. The van der Waals surface area contributed by atoms with E-state index in [1.807, 2.05) is 6.92 Å². The molecule has 0 saturated carbocycles. The van der Waals surface area contributed by atoms with Crippen molar-refractivity contribution in [1.29, 1.82) is 0 Å². The number of carbonyl (C=O) groups excluding carboxylic acids is 2. The van der Waals surface area contributed by atoms with Crippen molar-refractivity contribution in [2.45, 2.75) is 13.0 Å². The lowest BCUT2D eigenvalue weighted by atomic mass is 9.95. The summed E-state index contributed by atoms with van der Waals surface area (Å²) in [5, 5.41) is 20.0. The molecule has 0 spiro atoms. The normalized spacial score (nSPS) is 17.6. The minimum absolute atomic E-state index is 0.00503. The van der Waals surface area contributed by atoms with Gasteiger partial charge in [0, 0.05) is 12.1 Å². The van der Waals surface area contributed by atoms with Gasteiger partial charge in [-0.2, -0.15) is 0 Å². The Hall–Kier alpha value is -3.36. The van der Waals surface area contributed by atoms with Gasteiger partial charge in [-0.15, -0.1) is 0 Å². The molecule has 3 rings (SSSR count). The third-order valence-electron chi connectivity index (χ3n) is 5.10. The van der Waals surface area contributed by atoms with Gasteiger partial charge >= 0.3 is 0 Å². The maximum Gasteiger partial charge on any atom is 0.295 e. The van der Waals surface area contributed by atoms with E-state index in [-0.39, 0.29) is 37.7 Å². The number of amides is 1. The van der Waals surface area contributed by atoms with E-state index in [1.54, 1.807) is 48.5 Å². The number of Topliss-reactive ketones (excluding diaryl/α,β-unsaturated/α-hetero) is 1. The third-order valence-corrected chi connectivity index (χ3v) is 5.10. The maximum absolute atomic E-state index is 13.0. The van der Waals surface area contributed by atoms with E-state index in [0.29, 0.717) is 29.2 Å². The van der Waals surface area contributed by atoms with Crippen LogP contribution >= 0.6 is 0 Å². The summed E-state index contributed by atoms with van der Waals surface area (Å²) in [4.78, 5) is 27.2. The minimum Gasteiger partial charge on any atom is -0.507 e. The second kappa shape index (κ2) is 10.8. The monoisotopic (exact) mass is 441 g/mol. The highest BCUT2D eigenvalue weighted by atomic mass is 16.5. The zero-order chi connectivity index (χ0) is 23.1. The second-order valence-corrected chi connectivity index (χ2v) is 7.06. The summed E-state index contributed by atoms with van der Waals surface area (Å²) in [6.07, 6.45) is 0. The number of methoxy groups -OCH3 is 1. The van der Waals surface area contributed by atoms with Gasteiger partial charge in [-0.3, -0.25) is 9.59 Å². The zero-order valence-corrected chi connectivity index (χ0v) is 18.1. The maximum atomic E-state index is 13.0. The molecule has 1 saturated heterocycles. The topological polar surface area (TPSA) is 106 Å². The van der Waals surface area contributed by atoms with E-state index in [1.165, 1.54) is 12.0 Å². The van der Waals surface area contributed by atoms with Crippen LogP contribution in [0.15, 0.2) is 54.1 Å². The lowest BCUT2D eigenvalue weighted by molar-refractivity contribution is -0.140. The molecule has 1 fully saturated rings. The van der Waals surface area contributed by atoms with Crippen molar-refractivity contribution >= 4 is 17.4 Å². The van der Waals surface area contributed by atoms with E-state index < -0.39 is 17.7 Å². The van der Waals surface area contributed by atoms with Crippen LogP contribution < -0.4 is 9.47 Å². The summed E-state index contributed by atoms with van der Waals surface area (Å²) >= 11 is 0. The van der Waals surface area contributed by atoms with Gasteiger partial charge < -0.3 is 29.3 Å². The van der Waals surface area contributed by atoms with Gasteiger partial charge in [0.15, 0.2) is 0 Å². The molecule has 0 radical (unpaired) electrons. The van der Waals surface area contributed by atoms with Crippen molar-refractivity contribution in [2.24, 2.45) is 0 Å². The minimum atomic E-state index is -0.811. The van der Waals surface area contributed by atoms with E-state index in [9.17, 15) is 14.7 Å². The van der Waals surface area contributed by atoms with E-state index in [2.05, 4.69) is 0 Å². The summed E-state index contributed by atoms with van der Waals surface area (Å²) in [7, 11) is 1.53. The van der Waals surface area contributed by atoms with Gasteiger partial charge in [0.1, 0.15) is 17.3 Å². The molecule has 1 atom stereocenters. The van der Waals surface area contributed by atoms with Crippen LogP contribution in [0.25, 0.3) is 5.76 Å². The standard InChI is InChI=1S/C24H27NO7/c1-3-32-18-9-7-16(8-10-18)22(27)20-21(17-5-4-6-19(15-17)30-2)25(24(29)23(20)28)11-13-31-14-12-26/h4-10,15,21,26-27H,3,11-14H2,1-2H3. The van der Waals surface area contributed by atoms with Crippen LogP contribution in [-0.2, 0) is 14.3 Å². The Bertz CT molecular complexity index is 984. The van der Waals surface area contributed by atoms with Crippen LogP contribution in [0.5, 0.6) is 11.5 Å². The molecule has 0 aromatic heterocycles. The number of hydrogen-bond donors (Lipinski definition) is 2. The fraction of sp³-hybridized carbons (Fsp3) is 0.333. The summed E-state index contributed by atoms with van der Waals surface area (Å²) in [5.41, 5.74) is 1.02. The number of likely N-dealkylation sites (tertiary alicyclic amines) is 1. The smallest absolute Gasteiger partial charge is 0.295 e. The number of carbonyl (C=O) groups is 2. The molecule has 1 amide bonds. The number of aliphatic hydroxyl groups is 2. The number of nitrogens with zero attached hydrogens (tertiary/aromatic N) is 1. The third kappa shape index (κ3) is 4.92. The Morgan fingerprint density at radius 2 is 1.81 bits per heavy atom. The first-order chi connectivity index (χ1) is 15.5. The summed E-state index contributed by atoms with van der Waals surface area (Å²) in [5.74, 6) is -0.567. The average Bonchev–Trinajstić information content (AvgIpc) is 3.07. The van der Waals surface area contributed by atoms with E-state index in [0.717, 1.165) is 0 Å². The molecule has 2 aromatic carbocycles. The molecule has 2 N–H and O–H groups in total. The van der Waals surface area contributed by atoms with Gasteiger partial charge in [-0.05, 0) is 48.9 Å². The Morgan fingerprint density at radius 1 is 1.06 bits per heavy atom. The first-order valence-corrected chi connectivity index (χ1v) is 10.4. The van der Waals surface area contributed by atoms with E-state index in [4.69, 9.17) is 19.3 Å². The predicted octanol–water partition coefficient (Wildman–Crippen LogP) is 2.52. The SMILES string of the molecule is CCOc1ccc(C(O)=C2C(=O)C(=O)N(CCOCCO)C2c2cccc(OC)c2)cc1.